The Morgan fingerprint density at radius 1 is 1.60 bits per heavy atom. The molecule has 0 amide bonds. The second-order valence-electron chi connectivity index (χ2n) is 2.88. The molecule has 0 radical (unpaired) electrons. The van der Waals surface area contributed by atoms with Gasteiger partial charge >= 0.3 is 5.97 Å². The van der Waals surface area contributed by atoms with Gasteiger partial charge in [0.25, 0.3) is 12.0 Å². The van der Waals surface area contributed by atoms with E-state index in [0.29, 0.717) is 0 Å². The van der Waals surface area contributed by atoms with Gasteiger partial charge in [-0.2, -0.15) is 0 Å². The highest BCUT2D eigenvalue weighted by Gasteiger charge is 2.23. The summed E-state index contributed by atoms with van der Waals surface area (Å²) in [6.45, 7) is 1.52. The van der Waals surface area contributed by atoms with Gasteiger partial charge in [0.1, 0.15) is 0 Å². The number of nitrogens with one attached hydrogen (secondary N) is 1. The molecule has 82 valence electrons. The number of aromatic carboxylic acids is 1. The van der Waals surface area contributed by atoms with E-state index in [1.54, 1.807) is 0 Å². The number of halogens is 2. The highest BCUT2D eigenvalue weighted by molar-refractivity contribution is 5.89. The Hall–Kier alpha value is -1.72. The number of rotatable bonds is 3. The SMILES string of the molecule is CCc1c(C(F)F)c(C(=O)O)c[nH]c1=O. The average molecular weight is 217 g/mol. The summed E-state index contributed by atoms with van der Waals surface area (Å²) in [7, 11) is 0. The zero-order valence-electron chi connectivity index (χ0n) is 7.88. The second-order valence-corrected chi connectivity index (χ2v) is 2.88. The lowest BCUT2D eigenvalue weighted by molar-refractivity contribution is 0.0683. The lowest BCUT2D eigenvalue weighted by Gasteiger charge is -2.08. The molecule has 1 heterocycles. The largest absolute Gasteiger partial charge is 0.478 e. The Kier molecular flexibility index (Phi) is 3.18. The van der Waals surface area contributed by atoms with Crippen molar-refractivity contribution < 1.29 is 18.7 Å². The minimum atomic E-state index is -2.96. The summed E-state index contributed by atoms with van der Waals surface area (Å²) in [5, 5.41) is 8.67. The first-order valence-corrected chi connectivity index (χ1v) is 4.24. The van der Waals surface area contributed by atoms with E-state index in [0.717, 1.165) is 6.20 Å². The van der Waals surface area contributed by atoms with E-state index in [1.807, 2.05) is 0 Å². The fourth-order valence-corrected chi connectivity index (χ4v) is 1.36. The van der Waals surface area contributed by atoms with Crippen LogP contribution in [-0.2, 0) is 6.42 Å². The quantitative estimate of drug-likeness (QED) is 0.807. The van der Waals surface area contributed by atoms with E-state index < -0.39 is 29.1 Å². The number of aromatic nitrogens is 1. The first kappa shape index (κ1) is 11.4. The zero-order valence-corrected chi connectivity index (χ0v) is 7.88. The van der Waals surface area contributed by atoms with Gasteiger partial charge in [-0.1, -0.05) is 6.92 Å². The van der Waals surface area contributed by atoms with Crippen LogP contribution in [0.3, 0.4) is 0 Å². The van der Waals surface area contributed by atoms with Crippen LogP contribution in [0.5, 0.6) is 0 Å². The third-order valence-corrected chi connectivity index (χ3v) is 2.04. The van der Waals surface area contributed by atoms with Crippen LogP contribution in [-0.4, -0.2) is 16.1 Å². The molecule has 0 saturated carbocycles. The Morgan fingerprint density at radius 3 is 2.60 bits per heavy atom. The lowest BCUT2D eigenvalue weighted by atomic mass is 10.0. The number of pyridine rings is 1. The number of carboxylic acids is 1. The first-order valence-electron chi connectivity index (χ1n) is 4.24. The van der Waals surface area contributed by atoms with Gasteiger partial charge < -0.3 is 10.1 Å². The maximum atomic E-state index is 12.6. The van der Waals surface area contributed by atoms with E-state index in [4.69, 9.17) is 5.11 Å². The van der Waals surface area contributed by atoms with Crippen molar-refractivity contribution in [3.8, 4) is 0 Å². The van der Waals surface area contributed by atoms with Gasteiger partial charge in [0, 0.05) is 17.3 Å². The topological polar surface area (TPSA) is 70.2 Å². The molecule has 2 N–H and O–H groups in total. The number of H-pyrrole nitrogens is 1. The maximum absolute atomic E-state index is 12.6. The first-order chi connectivity index (χ1) is 6.99. The van der Waals surface area contributed by atoms with Crippen molar-refractivity contribution in [1.82, 2.24) is 4.98 Å². The molecule has 0 saturated heterocycles. The van der Waals surface area contributed by atoms with Gasteiger partial charge in [-0.25, -0.2) is 13.6 Å². The van der Waals surface area contributed by atoms with Crippen LogP contribution < -0.4 is 5.56 Å². The van der Waals surface area contributed by atoms with Gasteiger partial charge in [0.2, 0.25) is 0 Å². The molecule has 6 heteroatoms. The molecular weight excluding hydrogens is 208 g/mol. The molecule has 1 aromatic heterocycles. The summed E-state index contributed by atoms with van der Waals surface area (Å²) in [6, 6.07) is 0. The Bertz CT molecular complexity index is 439. The van der Waals surface area contributed by atoms with Gasteiger partial charge in [-0.15, -0.1) is 0 Å². The van der Waals surface area contributed by atoms with Crippen molar-refractivity contribution >= 4 is 5.97 Å². The minimum Gasteiger partial charge on any atom is -0.478 e. The summed E-state index contributed by atoms with van der Waals surface area (Å²) in [6.07, 6.45) is -2.10. The smallest absolute Gasteiger partial charge is 0.337 e. The second kappa shape index (κ2) is 4.20. The van der Waals surface area contributed by atoms with Crippen LogP contribution in [0.25, 0.3) is 0 Å². The fraction of sp³-hybridized carbons (Fsp3) is 0.333. The Balaban J connectivity index is 3.56. The lowest BCUT2D eigenvalue weighted by Crippen LogP contribution is -2.19. The molecule has 0 unspecified atom stereocenters. The Morgan fingerprint density at radius 2 is 2.20 bits per heavy atom. The van der Waals surface area contributed by atoms with Crippen LogP contribution in [0.2, 0.25) is 0 Å². The molecule has 15 heavy (non-hydrogen) atoms. The molecule has 4 nitrogen and oxygen atoms in total. The van der Waals surface area contributed by atoms with E-state index in [-0.39, 0.29) is 12.0 Å². The van der Waals surface area contributed by atoms with E-state index in [2.05, 4.69) is 4.98 Å². The predicted molar refractivity (Wildman–Crippen MR) is 48.4 cm³/mol. The highest BCUT2D eigenvalue weighted by Crippen LogP contribution is 2.24. The average Bonchev–Trinajstić information content (AvgIpc) is 2.16. The molecule has 0 aliphatic heterocycles. The van der Waals surface area contributed by atoms with Crippen molar-refractivity contribution in [3.05, 3.63) is 33.2 Å². The summed E-state index contributed by atoms with van der Waals surface area (Å²) >= 11 is 0. The molecule has 0 spiro atoms. The summed E-state index contributed by atoms with van der Waals surface area (Å²) < 4.78 is 25.2. The normalized spacial score (nSPS) is 10.7. The predicted octanol–water partition coefficient (Wildman–Crippen LogP) is 1.57. The van der Waals surface area contributed by atoms with Crippen molar-refractivity contribution in [1.29, 1.82) is 0 Å². The van der Waals surface area contributed by atoms with Crippen LogP contribution in [0.4, 0.5) is 8.78 Å². The van der Waals surface area contributed by atoms with Crippen molar-refractivity contribution in [2.45, 2.75) is 19.8 Å². The number of hydrogen-bond acceptors (Lipinski definition) is 2. The van der Waals surface area contributed by atoms with Crippen LogP contribution in [0.15, 0.2) is 11.0 Å². The minimum absolute atomic E-state index is 0.0656. The fourth-order valence-electron chi connectivity index (χ4n) is 1.36. The third-order valence-electron chi connectivity index (χ3n) is 2.04. The van der Waals surface area contributed by atoms with E-state index in [1.165, 1.54) is 6.92 Å². The molecular formula is C9H9F2NO3. The van der Waals surface area contributed by atoms with E-state index in [9.17, 15) is 18.4 Å². The third kappa shape index (κ3) is 2.03. The monoisotopic (exact) mass is 217 g/mol. The van der Waals surface area contributed by atoms with Crippen LogP contribution in [0.1, 0.15) is 34.8 Å². The van der Waals surface area contributed by atoms with Gasteiger partial charge in [0.15, 0.2) is 0 Å². The zero-order chi connectivity index (χ0) is 11.6. The molecule has 1 aromatic rings. The van der Waals surface area contributed by atoms with Gasteiger partial charge in [0.05, 0.1) is 5.56 Å². The summed E-state index contributed by atoms with van der Waals surface area (Å²) in [5.41, 5.74) is -2.09. The standard InChI is InChI=1S/C9H9F2NO3/c1-2-4-6(7(10)11)5(9(14)15)3-12-8(4)13/h3,7H,2H2,1H3,(H,12,13)(H,14,15). The Labute approximate surface area is 83.6 Å². The molecule has 0 aliphatic carbocycles. The number of aromatic amines is 1. The van der Waals surface area contributed by atoms with Gasteiger partial charge in [-0.05, 0) is 6.42 Å². The van der Waals surface area contributed by atoms with Gasteiger partial charge in [-0.3, -0.25) is 4.79 Å². The highest BCUT2D eigenvalue weighted by atomic mass is 19.3. The van der Waals surface area contributed by atoms with Crippen molar-refractivity contribution in [3.63, 3.8) is 0 Å². The van der Waals surface area contributed by atoms with E-state index >= 15 is 0 Å². The number of hydrogen-bond donors (Lipinski definition) is 2. The number of carboxylic acid groups (broad SMARTS) is 1. The molecule has 0 fully saturated rings. The molecule has 1 rings (SSSR count). The number of alkyl halides is 2. The molecule has 0 bridgehead atoms. The summed E-state index contributed by atoms with van der Waals surface area (Å²) in [4.78, 5) is 23.9. The molecule has 0 aromatic carbocycles. The van der Waals surface area contributed by atoms with Crippen molar-refractivity contribution in [2.24, 2.45) is 0 Å². The maximum Gasteiger partial charge on any atom is 0.337 e. The molecule has 0 atom stereocenters. The molecule has 0 aliphatic rings. The van der Waals surface area contributed by atoms with Crippen LogP contribution in [0, 0.1) is 0 Å². The number of carbonyl (C=O) groups is 1. The van der Waals surface area contributed by atoms with Crippen LogP contribution >= 0.6 is 0 Å². The summed E-state index contributed by atoms with van der Waals surface area (Å²) in [5.74, 6) is -1.48. The van der Waals surface area contributed by atoms with Crippen molar-refractivity contribution in [2.75, 3.05) is 0 Å².